The quantitative estimate of drug-likeness (QED) is 0.492. The van der Waals surface area contributed by atoms with E-state index < -0.39 is 18.1 Å². The Balaban J connectivity index is 1.35. The summed E-state index contributed by atoms with van der Waals surface area (Å²) in [7, 11) is 2.09. The Bertz CT molecular complexity index is 1110. The Morgan fingerprint density at radius 2 is 1.84 bits per heavy atom. The van der Waals surface area contributed by atoms with Gasteiger partial charge in [0.2, 0.25) is 5.91 Å². The van der Waals surface area contributed by atoms with Gasteiger partial charge in [0.1, 0.15) is 0 Å². The zero-order valence-electron chi connectivity index (χ0n) is 20.7. The minimum atomic E-state index is -1.09. The van der Waals surface area contributed by atoms with E-state index in [4.69, 9.17) is 17.0 Å². The number of thiocarbonyl (C=S) groups is 1. The van der Waals surface area contributed by atoms with Gasteiger partial charge >= 0.3 is 6.09 Å². The summed E-state index contributed by atoms with van der Waals surface area (Å²) in [6.45, 7) is 4.08. The number of nitrogens with one attached hydrogen (secondary N) is 2. The van der Waals surface area contributed by atoms with Crippen LogP contribution in [-0.2, 0) is 11.2 Å². The Kier molecular flexibility index (Phi) is 8.91. The average Bonchev–Trinajstić information content (AvgIpc) is 2.86. The van der Waals surface area contributed by atoms with Gasteiger partial charge < -0.3 is 25.4 Å². The summed E-state index contributed by atoms with van der Waals surface area (Å²) in [5.41, 5.74) is 1.19. The van der Waals surface area contributed by atoms with Gasteiger partial charge in [-0.1, -0.05) is 30.3 Å². The summed E-state index contributed by atoms with van der Waals surface area (Å²) in [5.74, 6) is -0.986. The van der Waals surface area contributed by atoms with Crippen LogP contribution >= 0.6 is 12.2 Å². The number of carbonyl (C=O) groups excluding carboxylic acids is 1. The van der Waals surface area contributed by atoms with Crippen LogP contribution in [0.5, 0.6) is 5.75 Å². The maximum Gasteiger partial charge on any atom is 0.410 e. The first-order valence-electron chi connectivity index (χ1n) is 12.3. The fourth-order valence-corrected chi connectivity index (χ4v) is 4.93. The number of carboxylic acid groups (broad SMARTS) is 1. The van der Waals surface area contributed by atoms with Gasteiger partial charge in [0.15, 0.2) is 22.9 Å². The molecule has 3 N–H and O–H groups in total. The van der Waals surface area contributed by atoms with Crippen molar-refractivity contribution in [2.45, 2.75) is 31.5 Å². The van der Waals surface area contributed by atoms with Crippen molar-refractivity contribution >= 4 is 35.0 Å². The van der Waals surface area contributed by atoms with Crippen LogP contribution in [0.1, 0.15) is 18.4 Å². The molecule has 2 fully saturated rings. The van der Waals surface area contributed by atoms with Gasteiger partial charge in [-0.3, -0.25) is 14.6 Å². The van der Waals surface area contributed by atoms with Gasteiger partial charge in [-0.05, 0) is 43.4 Å². The monoisotopic (exact) mass is 529 g/mol. The largest absolute Gasteiger partial charge is 0.467 e. The molecule has 0 saturated carbocycles. The van der Waals surface area contributed by atoms with Crippen LogP contribution < -0.4 is 15.4 Å². The Labute approximate surface area is 221 Å². The van der Waals surface area contributed by atoms with Gasteiger partial charge in [-0.15, -0.1) is 0 Å². The van der Waals surface area contributed by atoms with Gasteiger partial charge in [0.25, 0.3) is 0 Å². The van der Waals surface area contributed by atoms with Crippen molar-refractivity contribution in [3.8, 4) is 5.75 Å². The molecule has 37 heavy (non-hydrogen) atoms. The van der Waals surface area contributed by atoms with E-state index in [0.717, 1.165) is 31.7 Å². The maximum atomic E-state index is 15.0. The highest BCUT2D eigenvalue weighted by molar-refractivity contribution is 7.80. The van der Waals surface area contributed by atoms with Gasteiger partial charge in [0, 0.05) is 56.9 Å². The molecule has 2 aliphatic heterocycles. The summed E-state index contributed by atoms with van der Waals surface area (Å²) < 4.78 is 20.8. The maximum absolute atomic E-state index is 15.0. The molecule has 2 aliphatic rings. The molecule has 198 valence electrons. The lowest BCUT2D eigenvalue weighted by molar-refractivity contribution is -0.119. The summed E-state index contributed by atoms with van der Waals surface area (Å²) in [4.78, 5) is 29.9. The molecule has 2 atom stereocenters. The molecule has 0 bridgehead atoms. The van der Waals surface area contributed by atoms with Crippen molar-refractivity contribution in [2.24, 2.45) is 0 Å². The van der Waals surface area contributed by atoms with Crippen LogP contribution in [0, 0.1) is 5.82 Å². The number of rotatable bonds is 6. The predicted molar refractivity (Wildman–Crippen MR) is 142 cm³/mol. The van der Waals surface area contributed by atoms with E-state index in [0.29, 0.717) is 25.1 Å². The van der Waals surface area contributed by atoms with Crippen molar-refractivity contribution in [1.29, 1.82) is 0 Å². The highest BCUT2D eigenvalue weighted by Gasteiger charge is 2.36. The second-order valence-electron chi connectivity index (χ2n) is 9.38. The van der Waals surface area contributed by atoms with Crippen molar-refractivity contribution in [3.05, 3.63) is 59.9 Å². The zero-order valence-corrected chi connectivity index (χ0v) is 21.5. The van der Waals surface area contributed by atoms with Gasteiger partial charge in [-0.25, -0.2) is 9.18 Å². The molecule has 2 heterocycles. The average molecular weight is 530 g/mol. The lowest BCUT2D eigenvalue weighted by Crippen LogP contribution is -2.57. The molecule has 0 spiro atoms. The van der Waals surface area contributed by atoms with Crippen molar-refractivity contribution in [2.75, 3.05) is 45.1 Å². The number of halogens is 1. The Morgan fingerprint density at radius 3 is 2.51 bits per heavy atom. The van der Waals surface area contributed by atoms with E-state index in [2.05, 4.69) is 27.5 Å². The van der Waals surface area contributed by atoms with Gasteiger partial charge in [0.05, 0.1) is 6.42 Å². The van der Waals surface area contributed by atoms with Crippen LogP contribution in [0.15, 0.2) is 48.5 Å². The third-order valence-corrected chi connectivity index (χ3v) is 6.94. The zero-order chi connectivity index (χ0) is 26.4. The number of benzene rings is 2. The minimum absolute atomic E-state index is 0.0418. The molecule has 0 aliphatic carbocycles. The lowest BCUT2D eigenvalue weighted by Gasteiger charge is -2.44. The minimum Gasteiger partial charge on any atom is -0.467 e. The SMILES string of the molecule is CN1CCN(C2CCN(C(=O)O)C(Oc3ccc(NC(=S)NC(=O)Cc4ccccc4)cc3F)C2)CC1. The van der Waals surface area contributed by atoms with E-state index in [-0.39, 0.29) is 29.2 Å². The van der Waals surface area contributed by atoms with E-state index in [1.807, 2.05) is 30.3 Å². The smallest absolute Gasteiger partial charge is 0.410 e. The topological polar surface area (TPSA) is 97.4 Å². The summed E-state index contributed by atoms with van der Waals surface area (Å²) in [5, 5.41) is 15.1. The number of piperazine rings is 1. The molecule has 2 saturated heterocycles. The van der Waals surface area contributed by atoms with Crippen LogP contribution in [0.3, 0.4) is 0 Å². The fraction of sp³-hybridized carbons (Fsp3) is 0.423. The van der Waals surface area contributed by atoms with Gasteiger partial charge in [-0.2, -0.15) is 0 Å². The number of nitrogens with zero attached hydrogens (tertiary/aromatic N) is 3. The van der Waals surface area contributed by atoms with Crippen LogP contribution in [0.4, 0.5) is 14.9 Å². The number of likely N-dealkylation sites (N-methyl/N-ethyl adjacent to an activating group) is 1. The van der Waals surface area contributed by atoms with E-state index >= 15 is 0 Å². The Hall–Kier alpha value is -3.28. The summed E-state index contributed by atoms with van der Waals surface area (Å²) >= 11 is 5.19. The molecule has 0 radical (unpaired) electrons. The van der Waals surface area contributed by atoms with E-state index in [9.17, 15) is 19.1 Å². The van der Waals surface area contributed by atoms with Crippen molar-refractivity contribution < 1.29 is 23.8 Å². The molecular formula is C26H32FN5O4S. The summed E-state index contributed by atoms with van der Waals surface area (Å²) in [6.07, 6.45) is -0.526. The van der Waals surface area contributed by atoms with Crippen LogP contribution in [0.25, 0.3) is 0 Å². The molecule has 2 aromatic carbocycles. The molecule has 0 aromatic heterocycles. The number of amides is 2. The number of likely N-dealkylation sites (tertiary alicyclic amines) is 1. The molecule has 2 amide bonds. The number of hydrogen-bond donors (Lipinski definition) is 3. The first-order chi connectivity index (χ1) is 17.8. The third-order valence-electron chi connectivity index (χ3n) is 6.74. The molecule has 2 unspecified atom stereocenters. The molecular weight excluding hydrogens is 497 g/mol. The second-order valence-corrected chi connectivity index (χ2v) is 9.78. The van der Waals surface area contributed by atoms with Crippen LogP contribution in [-0.4, -0.2) is 89.0 Å². The Morgan fingerprint density at radius 1 is 1.11 bits per heavy atom. The van der Waals surface area contributed by atoms with Crippen molar-refractivity contribution in [3.63, 3.8) is 0 Å². The first kappa shape index (κ1) is 26.8. The number of hydrogen-bond acceptors (Lipinski definition) is 6. The third kappa shape index (κ3) is 7.37. The number of carbonyl (C=O) groups is 2. The molecule has 2 aromatic rings. The van der Waals surface area contributed by atoms with Crippen LogP contribution in [0.2, 0.25) is 0 Å². The lowest BCUT2D eigenvalue weighted by atomic mass is 10.0. The van der Waals surface area contributed by atoms with E-state index in [1.165, 1.54) is 17.0 Å². The summed E-state index contributed by atoms with van der Waals surface area (Å²) in [6, 6.07) is 13.6. The normalized spacial score (nSPS) is 20.8. The number of ether oxygens (including phenoxy) is 1. The first-order valence-corrected chi connectivity index (χ1v) is 12.7. The number of anilines is 1. The highest BCUT2D eigenvalue weighted by Crippen LogP contribution is 2.28. The molecule has 9 nitrogen and oxygen atoms in total. The highest BCUT2D eigenvalue weighted by atomic mass is 32.1. The second kappa shape index (κ2) is 12.3. The number of piperidine rings is 1. The molecule has 11 heteroatoms. The predicted octanol–water partition coefficient (Wildman–Crippen LogP) is 2.98. The molecule has 4 rings (SSSR count). The fourth-order valence-electron chi connectivity index (χ4n) is 4.69. The van der Waals surface area contributed by atoms with Crippen molar-refractivity contribution in [1.82, 2.24) is 20.0 Å². The standard InChI is InChI=1S/C26H32FN5O4S/c1-30-11-13-31(14-12-30)20-9-10-32(26(34)35)24(17-20)36-22-8-7-19(16-21(22)27)28-25(37)29-23(33)15-18-5-3-2-4-6-18/h2-8,16,20,24H,9-15,17H2,1H3,(H,34,35)(H2,28,29,33,37). The van der Waals surface area contributed by atoms with E-state index in [1.54, 1.807) is 6.07 Å².